The second kappa shape index (κ2) is 6.34. The number of rotatable bonds is 2. The van der Waals surface area contributed by atoms with E-state index >= 15 is 0 Å². The Labute approximate surface area is 144 Å². The molecular weight excluding hydrogens is 327 g/mol. The third-order valence-corrected chi connectivity index (χ3v) is 4.49. The monoisotopic (exact) mass is 342 g/mol. The Balaban J connectivity index is 1.92. The summed E-state index contributed by atoms with van der Waals surface area (Å²) < 4.78 is 13.4. The van der Waals surface area contributed by atoms with Crippen LogP contribution < -0.4 is 10.2 Å². The Hall–Kier alpha value is -2.24. The summed E-state index contributed by atoms with van der Waals surface area (Å²) >= 11 is 6.28. The van der Waals surface area contributed by atoms with Gasteiger partial charge in [0, 0.05) is 37.1 Å². The first-order chi connectivity index (χ1) is 11.7. The zero-order chi connectivity index (χ0) is 16.5. The molecular formula is C18H16ClFN4. The lowest BCUT2D eigenvalue weighted by molar-refractivity contribution is 0.581. The molecule has 122 valence electrons. The van der Waals surface area contributed by atoms with Gasteiger partial charge < -0.3 is 10.2 Å². The van der Waals surface area contributed by atoms with Gasteiger partial charge in [-0.2, -0.15) is 0 Å². The van der Waals surface area contributed by atoms with Crippen molar-refractivity contribution in [2.45, 2.75) is 0 Å². The Bertz CT molecular complexity index is 893. The maximum absolute atomic E-state index is 13.4. The van der Waals surface area contributed by atoms with Crippen molar-refractivity contribution in [1.29, 1.82) is 0 Å². The molecule has 1 fully saturated rings. The van der Waals surface area contributed by atoms with Crippen molar-refractivity contribution >= 4 is 28.5 Å². The van der Waals surface area contributed by atoms with E-state index in [0.29, 0.717) is 16.5 Å². The molecule has 1 aliphatic rings. The van der Waals surface area contributed by atoms with Crippen LogP contribution >= 0.6 is 11.6 Å². The molecule has 1 aromatic heterocycles. The van der Waals surface area contributed by atoms with E-state index < -0.39 is 0 Å². The van der Waals surface area contributed by atoms with Crippen LogP contribution in [0.2, 0.25) is 5.02 Å². The fraction of sp³-hybridized carbons (Fsp3) is 0.222. The lowest BCUT2D eigenvalue weighted by Crippen LogP contribution is -2.44. The second-order valence-corrected chi connectivity index (χ2v) is 6.16. The van der Waals surface area contributed by atoms with E-state index in [9.17, 15) is 4.39 Å². The molecule has 2 heterocycles. The zero-order valence-corrected chi connectivity index (χ0v) is 13.7. The molecule has 0 radical (unpaired) electrons. The van der Waals surface area contributed by atoms with Crippen molar-refractivity contribution in [3.05, 3.63) is 53.3 Å². The average Bonchev–Trinajstić information content (AvgIpc) is 2.62. The number of benzene rings is 2. The zero-order valence-electron chi connectivity index (χ0n) is 13.0. The van der Waals surface area contributed by atoms with Crippen molar-refractivity contribution in [2.75, 3.05) is 31.1 Å². The van der Waals surface area contributed by atoms with Crippen LogP contribution in [0, 0.1) is 5.82 Å². The summed E-state index contributed by atoms with van der Waals surface area (Å²) in [5.41, 5.74) is 2.31. The number of fused-ring (bicyclic) bond motifs is 1. The Morgan fingerprint density at radius 2 is 1.83 bits per heavy atom. The van der Waals surface area contributed by atoms with Gasteiger partial charge in [-0.15, -0.1) is 0 Å². The van der Waals surface area contributed by atoms with Crippen LogP contribution in [0.25, 0.3) is 22.2 Å². The maximum atomic E-state index is 13.4. The molecule has 0 amide bonds. The number of piperazine rings is 1. The number of aromatic nitrogens is 2. The molecule has 0 spiro atoms. The van der Waals surface area contributed by atoms with Gasteiger partial charge in [-0.3, -0.25) is 0 Å². The second-order valence-electron chi connectivity index (χ2n) is 5.75. The van der Waals surface area contributed by atoms with E-state index in [-0.39, 0.29) is 5.82 Å². The van der Waals surface area contributed by atoms with Crippen molar-refractivity contribution in [2.24, 2.45) is 0 Å². The van der Waals surface area contributed by atoms with Crippen LogP contribution in [-0.4, -0.2) is 36.1 Å². The summed E-state index contributed by atoms with van der Waals surface area (Å²) in [6, 6.07) is 12.2. The quantitative estimate of drug-likeness (QED) is 0.774. The van der Waals surface area contributed by atoms with Crippen LogP contribution in [0.5, 0.6) is 0 Å². The minimum atomic E-state index is -0.357. The molecule has 0 aliphatic carbocycles. The lowest BCUT2D eigenvalue weighted by Gasteiger charge is -2.28. The Morgan fingerprint density at radius 1 is 1.04 bits per heavy atom. The number of nitrogens with one attached hydrogen (secondary N) is 1. The molecule has 1 aliphatic heterocycles. The molecule has 1 saturated heterocycles. The number of halogens is 2. The topological polar surface area (TPSA) is 41.1 Å². The number of hydrogen-bond donors (Lipinski definition) is 1. The molecule has 0 bridgehead atoms. The van der Waals surface area contributed by atoms with Crippen molar-refractivity contribution < 1.29 is 4.39 Å². The standard InChI is InChI=1S/C18H16ClFN4/c19-15-11-12(20)5-6-13(15)17-14-3-1-2-4-16(14)22-18(23-17)24-9-7-21-8-10-24/h1-6,11,21H,7-10H2. The summed E-state index contributed by atoms with van der Waals surface area (Å²) in [7, 11) is 0. The van der Waals surface area contributed by atoms with E-state index in [4.69, 9.17) is 21.6 Å². The predicted octanol–water partition coefficient (Wildman–Crippen LogP) is 3.50. The minimum Gasteiger partial charge on any atom is -0.338 e. The minimum absolute atomic E-state index is 0.352. The van der Waals surface area contributed by atoms with Gasteiger partial charge in [-0.1, -0.05) is 29.8 Å². The molecule has 4 rings (SSSR count). The van der Waals surface area contributed by atoms with Crippen LogP contribution in [0.15, 0.2) is 42.5 Å². The third-order valence-electron chi connectivity index (χ3n) is 4.18. The van der Waals surface area contributed by atoms with E-state index in [0.717, 1.165) is 42.8 Å². The van der Waals surface area contributed by atoms with Crippen molar-refractivity contribution in [3.8, 4) is 11.3 Å². The molecule has 0 saturated carbocycles. The van der Waals surface area contributed by atoms with Gasteiger partial charge in [0.05, 0.1) is 16.2 Å². The Morgan fingerprint density at radius 3 is 2.62 bits per heavy atom. The van der Waals surface area contributed by atoms with Gasteiger partial charge in [0.1, 0.15) is 5.82 Å². The lowest BCUT2D eigenvalue weighted by atomic mass is 10.1. The summed E-state index contributed by atoms with van der Waals surface area (Å²) in [6.07, 6.45) is 0. The summed E-state index contributed by atoms with van der Waals surface area (Å²) in [5.74, 6) is 0.329. The highest BCUT2D eigenvalue weighted by Crippen LogP contribution is 2.33. The van der Waals surface area contributed by atoms with Crippen molar-refractivity contribution in [3.63, 3.8) is 0 Å². The molecule has 0 unspecified atom stereocenters. The van der Waals surface area contributed by atoms with Gasteiger partial charge in [-0.25, -0.2) is 14.4 Å². The highest BCUT2D eigenvalue weighted by Gasteiger charge is 2.18. The SMILES string of the molecule is Fc1ccc(-c2nc(N3CCNCC3)nc3ccccc23)c(Cl)c1. The van der Waals surface area contributed by atoms with Crippen LogP contribution in [0.4, 0.5) is 10.3 Å². The van der Waals surface area contributed by atoms with Crippen LogP contribution in [0.1, 0.15) is 0 Å². The van der Waals surface area contributed by atoms with E-state index in [1.165, 1.54) is 12.1 Å². The maximum Gasteiger partial charge on any atom is 0.226 e. The molecule has 4 nitrogen and oxygen atoms in total. The fourth-order valence-corrected chi connectivity index (χ4v) is 3.21. The van der Waals surface area contributed by atoms with Crippen LogP contribution in [0.3, 0.4) is 0 Å². The summed E-state index contributed by atoms with van der Waals surface area (Å²) in [6.45, 7) is 3.52. The molecule has 0 atom stereocenters. The van der Waals surface area contributed by atoms with Crippen molar-refractivity contribution in [1.82, 2.24) is 15.3 Å². The number of hydrogen-bond acceptors (Lipinski definition) is 4. The highest BCUT2D eigenvalue weighted by atomic mass is 35.5. The van der Waals surface area contributed by atoms with Gasteiger partial charge in [0.25, 0.3) is 0 Å². The van der Waals surface area contributed by atoms with E-state index in [1.807, 2.05) is 24.3 Å². The largest absolute Gasteiger partial charge is 0.338 e. The molecule has 24 heavy (non-hydrogen) atoms. The van der Waals surface area contributed by atoms with E-state index in [2.05, 4.69) is 10.2 Å². The van der Waals surface area contributed by atoms with Crippen LogP contribution in [-0.2, 0) is 0 Å². The van der Waals surface area contributed by atoms with Gasteiger partial charge in [-0.05, 0) is 24.3 Å². The van der Waals surface area contributed by atoms with Gasteiger partial charge in [0.2, 0.25) is 5.95 Å². The smallest absolute Gasteiger partial charge is 0.226 e. The molecule has 3 aromatic rings. The van der Waals surface area contributed by atoms with Gasteiger partial charge in [0.15, 0.2) is 0 Å². The summed E-state index contributed by atoms with van der Waals surface area (Å²) in [4.78, 5) is 11.6. The number of anilines is 1. The highest BCUT2D eigenvalue weighted by molar-refractivity contribution is 6.33. The molecule has 6 heteroatoms. The van der Waals surface area contributed by atoms with E-state index in [1.54, 1.807) is 6.07 Å². The predicted molar refractivity (Wildman–Crippen MR) is 95.0 cm³/mol. The first kappa shape index (κ1) is 15.3. The number of para-hydroxylation sites is 1. The first-order valence-corrected chi connectivity index (χ1v) is 8.28. The normalized spacial score (nSPS) is 15.0. The third kappa shape index (κ3) is 2.81. The first-order valence-electron chi connectivity index (χ1n) is 7.90. The molecule has 2 aromatic carbocycles. The number of nitrogens with zero attached hydrogens (tertiary/aromatic N) is 3. The van der Waals surface area contributed by atoms with Gasteiger partial charge >= 0.3 is 0 Å². The average molecular weight is 343 g/mol. The molecule has 1 N–H and O–H groups in total. The Kier molecular flexibility index (Phi) is 4.04. The fourth-order valence-electron chi connectivity index (χ4n) is 2.96. The summed E-state index contributed by atoms with van der Waals surface area (Å²) in [5, 5.41) is 4.58.